The number of aromatic nitrogens is 2. The highest BCUT2D eigenvalue weighted by Gasteiger charge is 2.23. The van der Waals surface area contributed by atoms with Gasteiger partial charge < -0.3 is 5.32 Å². The molecule has 0 aliphatic heterocycles. The minimum atomic E-state index is -0.607. The lowest BCUT2D eigenvalue weighted by atomic mass is 10.2. The average Bonchev–Trinajstić information content (AvgIpc) is 2.71. The molecule has 0 saturated carbocycles. The van der Waals surface area contributed by atoms with Crippen molar-refractivity contribution in [3.05, 3.63) is 88.2 Å². The predicted octanol–water partition coefficient (Wildman–Crippen LogP) is 2.75. The molecule has 2 aromatic carbocycles. The van der Waals surface area contributed by atoms with Crippen LogP contribution in [0.3, 0.4) is 0 Å². The van der Waals surface area contributed by atoms with E-state index in [1.54, 1.807) is 30.3 Å². The van der Waals surface area contributed by atoms with Crippen LogP contribution in [0.2, 0.25) is 0 Å². The molecule has 1 amide bonds. The number of benzene rings is 2. The topological polar surface area (TPSA) is 122 Å². The molecule has 1 heterocycles. The highest BCUT2D eigenvalue weighted by atomic mass is 16.6. The molecule has 9 heteroatoms. The van der Waals surface area contributed by atoms with Gasteiger partial charge in [0.15, 0.2) is 0 Å². The van der Waals surface area contributed by atoms with Crippen LogP contribution >= 0.6 is 0 Å². The molecule has 0 spiro atoms. The monoisotopic (exact) mass is 364 g/mol. The van der Waals surface area contributed by atoms with Gasteiger partial charge in [-0.05, 0) is 17.7 Å². The Morgan fingerprint density at radius 1 is 0.963 bits per heavy atom. The first-order valence-electron chi connectivity index (χ1n) is 8.03. The third-order valence-electron chi connectivity index (χ3n) is 3.64. The number of rotatable bonds is 7. The second-order valence-corrected chi connectivity index (χ2v) is 5.46. The highest BCUT2D eigenvalue weighted by molar-refractivity contribution is 5.95. The van der Waals surface area contributed by atoms with Crippen LogP contribution in [0.5, 0.6) is 0 Å². The van der Waals surface area contributed by atoms with Crippen molar-refractivity contribution in [2.75, 3.05) is 10.7 Å². The number of carbonyl (C=O) groups is 1. The Balaban J connectivity index is 1.75. The first-order chi connectivity index (χ1) is 13.1. The fourth-order valence-electron chi connectivity index (χ4n) is 2.33. The molecule has 9 nitrogen and oxygen atoms in total. The van der Waals surface area contributed by atoms with Crippen molar-refractivity contribution in [2.24, 2.45) is 0 Å². The molecule has 136 valence electrons. The van der Waals surface area contributed by atoms with Crippen LogP contribution in [0.4, 0.5) is 17.3 Å². The van der Waals surface area contributed by atoms with Crippen molar-refractivity contribution in [1.29, 1.82) is 0 Å². The van der Waals surface area contributed by atoms with Crippen molar-refractivity contribution in [3.63, 3.8) is 0 Å². The summed E-state index contributed by atoms with van der Waals surface area (Å²) in [6.45, 7) is 0.356. The Hall–Kier alpha value is -4.01. The number of carbonyl (C=O) groups excluding carboxylic acids is 1. The van der Waals surface area contributed by atoms with E-state index < -0.39 is 10.8 Å². The smallest absolute Gasteiger partial charge is 0.354 e. The minimum absolute atomic E-state index is 0.0512. The summed E-state index contributed by atoms with van der Waals surface area (Å²) < 4.78 is 0. The summed E-state index contributed by atoms with van der Waals surface area (Å²) in [4.78, 5) is 30.8. The van der Waals surface area contributed by atoms with Gasteiger partial charge >= 0.3 is 5.69 Å². The Kier molecular flexibility index (Phi) is 5.53. The van der Waals surface area contributed by atoms with Gasteiger partial charge in [-0.1, -0.05) is 48.5 Å². The van der Waals surface area contributed by atoms with Crippen molar-refractivity contribution in [3.8, 4) is 0 Å². The highest BCUT2D eigenvalue weighted by Crippen LogP contribution is 2.28. The normalized spacial score (nSPS) is 10.1. The van der Waals surface area contributed by atoms with Crippen molar-refractivity contribution >= 4 is 23.2 Å². The van der Waals surface area contributed by atoms with Crippen molar-refractivity contribution in [1.82, 2.24) is 15.4 Å². The Bertz CT molecular complexity index is 934. The van der Waals surface area contributed by atoms with Gasteiger partial charge in [0.25, 0.3) is 5.91 Å². The second kappa shape index (κ2) is 8.39. The summed E-state index contributed by atoms with van der Waals surface area (Å²) in [7, 11) is 0. The van der Waals surface area contributed by atoms with E-state index in [9.17, 15) is 14.9 Å². The number of nitrogens with one attached hydrogen (secondary N) is 3. The van der Waals surface area contributed by atoms with Gasteiger partial charge in [-0.15, -0.1) is 0 Å². The molecule has 0 aliphatic rings. The summed E-state index contributed by atoms with van der Waals surface area (Å²) in [6, 6.07) is 17.9. The molecular weight excluding hydrogens is 348 g/mol. The fraction of sp³-hybridized carbons (Fsp3) is 0.0556. The molecule has 0 bridgehead atoms. The molecule has 3 rings (SSSR count). The fourth-order valence-corrected chi connectivity index (χ4v) is 2.33. The zero-order chi connectivity index (χ0) is 19.1. The molecule has 0 saturated heterocycles. The van der Waals surface area contributed by atoms with Crippen LogP contribution < -0.4 is 16.2 Å². The van der Waals surface area contributed by atoms with E-state index >= 15 is 0 Å². The van der Waals surface area contributed by atoms with E-state index in [1.165, 1.54) is 6.33 Å². The van der Waals surface area contributed by atoms with Crippen LogP contribution in [-0.2, 0) is 6.54 Å². The zero-order valence-electron chi connectivity index (χ0n) is 14.1. The summed E-state index contributed by atoms with van der Waals surface area (Å²) in [5, 5.41) is 14.4. The van der Waals surface area contributed by atoms with Gasteiger partial charge in [-0.25, -0.2) is 9.97 Å². The zero-order valence-corrected chi connectivity index (χ0v) is 14.1. The molecular formula is C18H16N6O3. The Morgan fingerprint density at radius 2 is 1.59 bits per heavy atom. The van der Waals surface area contributed by atoms with Crippen molar-refractivity contribution in [2.45, 2.75) is 6.54 Å². The predicted molar refractivity (Wildman–Crippen MR) is 100.0 cm³/mol. The molecule has 0 unspecified atom stereocenters. The first-order valence-corrected chi connectivity index (χ1v) is 8.03. The number of nitro groups is 1. The van der Waals surface area contributed by atoms with E-state index in [0.717, 1.165) is 5.56 Å². The van der Waals surface area contributed by atoms with Crippen molar-refractivity contribution < 1.29 is 9.72 Å². The maximum absolute atomic E-state index is 12.1. The van der Waals surface area contributed by atoms with Crippen LogP contribution in [-0.4, -0.2) is 20.8 Å². The Labute approximate surface area is 154 Å². The standard InChI is InChI=1S/C18H16N6O3/c25-18(14-9-5-2-6-10-14)23-22-17-15(24(26)27)16(20-12-21-17)19-11-13-7-3-1-4-8-13/h1-10,12H,11H2,(H,23,25)(H2,19,20,21,22). The number of hydrogen-bond acceptors (Lipinski definition) is 7. The minimum Gasteiger partial charge on any atom is -0.360 e. The molecule has 3 N–H and O–H groups in total. The van der Waals surface area contributed by atoms with Gasteiger partial charge in [-0.2, -0.15) is 0 Å². The van der Waals surface area contributed by atoms with E-state index in [1.807, 2.05) is 30.3 Å². The van der Waals surface area contributed by atoms with Crippen LogP contribution in [0.1, 0.15) is 15.9 Å². The molecule has 0 aliphatic carbocycles. The number of anilines is 2. The van der Waals surface area contributed by atoms with Gasteiger partial charge in [0.1, 0.15) is 6.33 Å². The SMILES string of the molecule is O=C(NNc1ncnc(NCc2ccccc2)c1[N+](=O)[O-])c1ccccc1. The summed E-state index contributed by atoms with van der Waals surface area (Å²) in [5.74, 6) is -0.507. The van der Waals surface area contributed by atoms with E-state index in [0.29, 0.717) is 12.1 Å². The molecule has 0 fully saturated rings. The molecule has 3 aromatic rings. The molecule has 1 aromatic heterocycles. The largest absolute Gasteiger partial charge is 0.360 e. The average molecular weight is 364 g/mol. The molecule has 0 radical (unpaired) electrons. The lowest BCUT2D eigenvalue weighted by molar-refractivity contribution is -0.383. The van der Waals surface area contributed by atoms with E-state index in [4.69, 9.17) is 0 Å². The number of hydrogen-bond donors (Lipinski definition) is 3. The lowest BCUT2D eigenvalue weighted by Crippen LogP contribution is -2.30. The van der Waals surface area contributed by atoms with Crippen LogP contribution in [0, 0.1) is 10.1 Å². The quantitative estimate of drug-likeness (QED) is 0.435. The number of nitrogens with zero attached hydrogens (tertiary/aromatic N) is 3. The molecule has 0 atom stereocenters. The van der Waals surface area contributed by atoms with E-state index in [-0.39, 0.29) is 17.3 Å². The maximum atomic E-state index is 12.1. The van der Waals surface area contributed by atoms with Gasteiger partial charge in [-0.3, -0.25) is 25.8 Å². The Morgan fingerprint density at radius 3 is 2.26 bits per heavy atom. The molecule has 27 heavy (non-hydrogen) atoms. The van der Waals surface area contributed by atoms with Gasteiger partial charge in [0.05, 0.1) is 4.92 Å². The number of amides is 1. The second-order valence-electron chi connectivity index (χ2n) is 5.46. The summed E-state index contributed by atoms with van der Waals surface area (Å²) in [5.41, 5.74) is 5.89. The first kappa shape index (κ1) is 17.8. The van der Waals surface area contributed by atoms with Crippen LogP contribution in [0.15, 0.2) is 67.0 Å². The third kappa shape index (κ3) is 4.54. The van der Waals surface area contributed by atoms with E-state index in [2.05, 4.69) is 26.1 Å². The summed E-state index contributed by atoms with van der Waals surface area (Å²) >= 11 is 0. The lowest BCUT2D eigenvalue weighted by Gasteiger charge is -2.11. The maximum Gasteiger partial charge on any atom is 0.354 e. The van der Waals surface area contributed by atoms with Gasteiger partial charge in [0, 0.05) is 12.1 Å². The van der Waals surface area contributed by atoms with Crippen LogP contribution in [0.25, 0.3) is 0 Å². The van der Waals surface area contributed by atoms with Gasteiger partial charge in [0.2, 0.25) is 11.6 Å². The third-order valence-corrected chi connectivity index (χ3v) is 3.64. The number of hydrazine groups is 1. The summed E-state index contributed by atoms with van der Waals surface area (Å²) in [6.07, 6.45) is 1.18.